The maximum absolute atomic E-state index is 9.08. The minimum Gasteiger partial charge on any atom is -0.392 e. The van der Waals surface area contributed by atoms with Gasteiger partial charge in [-0.2, -0.15) is 0 Å². The molecule has 1 saturated carbocycles. The van der Waals surface area contributed by atoms with Crippen LogP contribution in [0, 0.1) is 5.92 Å². The maximum atomic E-state index is 9.08. The summed E-state index contributed by atoms with van der Waals surface area (Å²) >= 11 is 0. The van der Waals surface area contributed by atoms with Crippen LogP contribution >= 0.6 is 0 Å². The fraction of sp³-hybridized carbons (Fsp3) is 1.00. The molecule has 3 heteroatoms. The van der Waals surface area contributed by atoms with Gasteiger partial charge >= 0.3 is 0 Å². The molecule has 3 atom stereocenters. The van der Waals surface area contributed by atoms with Crippen LogP contribution in [0.3, 0.4) is 0 Å². The summed E-state index contributed by atoms with van der Waals surface area (Å²) in [6.45, 7) is 3.28. The molecule has 0 aromatic heterocycles. The van der Waals surface area contributed by atoms with Gasteiger partial charge in [0.1, 0.15) is 0 Å². The van der Waals surface area contributed by atoms with E-state index in [2.05, 4.69) is 5.32 Å². The second kappa shape index (κ2) is 4.80. The Morgan fingerprint density at radius 3 is 2.92 bits per heavy atom. The van der Waals surface area contributed by atoms with E-state index in [0.29, 0.717) is 18.5 Å². The summed E-state index contributed by atoms with van der Waals surface area (Å²) in [5.74, 6) is 0.628. The molecule has 0 bridgehead atoms. The molecule has 1 rings (SSSR count). The third kappa shape index (κ3) is 2.73. The normalized spacial score (nSPS) is 32.2. The molecule has 0 aliphatic heterocycles. The highest BCUT2D eigenvalue weighted by Crippen LogP contribution is 2.24. The van der Waals surface area contributed by atoms with Crippen LogP contribution in [0.4, 0.5) is 0 Å². The van der Waals surface area contributed by atoms with E-state index >= 15 is 0 Å². The van der Waals surface area contributed by atoms with Crippen LogP contribution in [0.1, 0.15) is 26.2 Å². The van der Waals surface area contributed by atoms with Gasteiger partial charge in [0, 0.05) is 12.6 Å². The van der Waals surface area contributed by atoms with Gasteiger partial charge < -0.3 is 16.2 Å². The fourth-order valence-electron chi connectivity index (χ4n) is 1.91. The van der Waals surface area contributed by atoms with Gasteiger partial charge in [0.25, 0.3) is 0 Å². The van der Waals surface area contributed by atoms with Gasteiger partial charge in [0.2, 0.25) is 0 Å². The number of hydrogen-bond acceptors (Lipinski definition) is 3. The Kier molecular flexibility index (Phi) is 3.98. The zero-order chi connectivity index (χ0) is 8.97. The Hall–Kier alpha value is -0.120. The van der Waals surface area contributed by atoms with Crippen LogP contribution in [-0.4, -0.2) is 30.3 Å². The second-order valence-corrected chi connectivity index (χ2v) is 3.79. The van der Waals surface area contributed by atoms with Crippen LogP contribution in [-0.2, 0) is 0 Å². The molecular formula is C9H20N2O. The topological polar surface area (TPSA) is 58.3 Å². The van der Waals surface area contributed by atoms with Gasteiger partial charge in [0.15, 0.2) is 0 Å². The van der Waals surface area contributed by atoms with Crippen LogP contribution < -0.4 is 11.1 Å². The molecular weight excluding hydrogens is 152 g/mol. The second-order valence-electron chi connectivity index (χ2n) is 3.79. The lowest BCUT2D eigenvalue weighted by molar-refractivity contribution is 0.182. The molecule has 4 N–H and O–H groups in total. The van der Waals surface area contributed by atoms with Gasteiger partial charge in [-0.3, -0.25) is 0 Å². The molecule has 72 valence electrons. The van der Waals surface area contributed by atoms with Crippen molar-refractivity contribution in [2.24, 2.45) is 11.7 Å². The Morgan fingerprint density at radius 1 is 1.58 bits per heavy atom. The summed E-state index contributed by atoms with van der Waals surface area (Å²) in [6.07, 6.45) is 3.49. The van der Waals surface area contributed by atoms with E-state index in [4.69, 9.17) is 10.8 Å². The largest absolute Gasteiger partial charge is 0.392 e. The SMILES string of the molecule is CC(O)CNC1CCCC1CN. The van der Waals surface area contributed by atoms with E-state index in [1.807, 2.05) is 0 Å². The third-order valence-electron chi connectivity index (χ3n) is 2.64. The van der Waals surface area contributed by atoms with Crippen molar-refractivity contribution in [1.29, 1.82) is 0 Å². The van der Waals surface area contributed by atoms with Crippen molar-refractivity contribution in [2.75, 3.05) is 13.1 Å². The average molecular weight is 172 g/mol. The lowest BCUT2D eigenvalue weighted by Crippen LogP contribution is -2.39. The first-order valence-corrected chi connectivity index (χ1v) is 4.85. The highest BCUT2D eigenvalue weighted by Gasteiger charge is 2.25. The van der Waals surface area contributed by atoms with E-state index in [1.54, 1.807) is 6.92 Å². The first-order chi connectivity index (χ1) is 5.74. The van der Waals surface area contributed by atoms with Crippen molar-refractivity contribution in [3.05, 3.63) is 0 Å². The fourth-order valence-corrected chi connectivity index (χ4v) is 1.91. The van der Waals surface area contributed by atoms with Crippen molar-refractivity contribution in [2.45, 2.75) is 38.3 Å². The number of aliphatic hydroxyl groups excluding tert-OH is 1. The van der Waals surface area contributed by atoms with Gasteiger partial charge in [-0.15, -0.1) is 0 Å². The molecule has 1 aliphatic rings. The van der Waals surface area contributed by atoms with Crippen molar-refractivity contribution < 1.29 is 5.11 Å². The lowest BCUT2D eigenvalue weighted by atomic mass is 10.0. The standard InChI is InChI=1S/C9H20N2O/c1-7(12)6-11-9-4-2-3-8(9)5-10/h7-9,11-12H,2-6,10H2,1H3. The molecule has 1 fully saturated rings. The van der Waals surface area contributed by atoms with Gasteiger partial charge in [-0.1, -0.05) is 6.42 Å². The molecule has 0 saturated heterocycles. The first kappa shape index (κ1) is 9.96. The van der Waals surface area contributed by atoms with Crippen LogP contribution in [0.15, 0.2) is 0 Å². The molecule has 0 spiro atoms. The van der Waals surface area contributed by atoms with Gasteiger partial charge in [0.05, 0.1) is 6.10 Å². The summed E-state index contributed by atoms with van der Waals surface area (Å²) in [4.78, 5) is 0. The number of rotatable bonds is 4. The summed E-state index contributed by atoms with van der Waals surface area (Å²) in [5.41, 5.74) is 5.63. The van der Waals surface area contributed by atoms with Crippen molar-refractivity contribution in [3.8, 4) is 0 Å². The Labute approximate surface area is 74.3 Å². The predicted octanol–water partition coefficient (Wildman–Crippen LogP) is 0.0842. The van der Waals surface area contributed by atoms with Crippen LogP contribution in [0.5, 0.6) is 0 Å². The highest BCUT2D eigenvalue weighted by molar-refractivity contribution is 4.83. The van der Waals surface area contributed by atoms with Crippen molar-refractivity contribution in [1.82, 2.24) is 5.32 Å². The quantitative estimate of drug-likeness (QED) is 0.563. The van der Waals surface area contributed by atoms with Crippen LogP contribution in [0.2, 0.25) is 0 Å². The zero-order valence-electron chi connectivity index (χ0n) is 7.79. The Bertz CT molecular complexity index is 128. The number of nitrogens with two attached hydrogens (primary N) is 1. The number of aliphatic hydroxyl groups is 1. The maximum Gasteiger partial charge on any atom is 0.0636 e. The van der Waals surface area contributed by atoms with Crippen molar-refractivity contribution in [3.63, 3.8) is 0 Å². The molecule has 0 amide bonds. The minimum atomic E-state index is -0.246. The van der Waals surface area contributed by atoms with Gasteiger partial charge in [-0.25, -0.2) is 0 Å². The van der Waals surface area contributed by atoms with Crippen LogP contribution in [0.25, 0.3) is 0 Å². The monoisotopic (exact) mass is 172 g/mol. The molecule has 12 heavy (non-hydrogen) atoms. The van der Waals surface area contributed by atoms with Crippen molar-refractivity contribution >= 4 is 0 Å². The first-order valence-electron chi connectivity index (χ1n) is 4.85. The lowest BCUT2D eigenvalue weighted by Gasteiger charge is -2.20. The molecule has 0 radical (unpaired) electrons. The number of hydrogen-bond donors (Lipinski definition) is 3. The van der Waals surface area contributed by atoms with E-state index in [0.717, 1.165) is 6.54 Å². The summed E-state index contributed by atoms with van der Waals surface area (Å²) in [6, 6.07) is 0.546. The Morgan fingerprint density at radius 2 is 2.33 bits per heavy atom. The predicted molar refractivity (Wildman–Crippen MR) is 49.9 cm³/mol. The number of nitrogens with one attached hydrogen (secondary N) is 1. The smallest absolute Gasteiger partial charge is 0.0636 e. The van der Waals surface area contributed by atoms with E-state index in [9.17, 15) is 0 Å². The summed E-state index contributed by atoms with van der Waals surface area (Å²) in [7, 11) is 0. The molecule has 0 aromatic rings. The molecule has 3 unspecified atom stereocenters. The molecule has 0 heterocycles. The summed E-state index contributed by atoms with van der Waals surface area (Å²) < 4.78 is 0. The van der Waals surface area contributed by atoms with E-state index in [1.165, 1.54) is 19.3 Å². The van der Waals surface area contributed by atoms with E-state index < -0.39 is 0 Å². The molecule has 0 aromatic carbocycles. The summed E-state index contributed by atoms with van der Waals surface area (Å²) in [5, 5.41) is 12.4. The van der Waals surface area contributed by atoms with E-state index in [-0.39, 0.29) is 6.10 Å². The Balaban J connectivity index is 2.21. The molecule has 1 aliphatic carbocycles. The zero-order valence-corrected chi connectivity index (χ0v) is 7.79. The van der Waals surface area contributed by atoms with Gasteiger partial charge in [-0.05, 0) is 32.2 Å². The third-order valence-corrected chi connectivity index (χ3v) is 2.64. The average Bonchev–Trinajstić information content (AvgIpc) is 2.47. The molecule has 3 nitrogen and oxygen atoms in total. The minimum absolute atomic E-state index is 0.246. The highest BCUT2D eigenvalue weighted by atomic mass is 16.3.